The van der Waals surface area contributed by atoms with Crippen LogP contribution in [0.25, 0.3) is 0 Å². The molecule has 32 heavy (non-hydrogen) atoms. The van der Waals surface area contributed by atoms with E-state index >= 15 is 0 Å². The Hall–Kier alpha value is -3.34. The number of carbonyl (C=O) groups is 1. The number of nitrogens with zero attached hydrogens (tertiary/aromatic N) is 5. The van der Waals surface area contributed by atoms with Crippen LogP contribution in [0.15, 0.2) is 64.4 Å². The molecule has 0 N–H and O–H groups in total. The number of hydrogen-bond donors (Lipinski definition) is 0. The highest BCUT2D eigenvalue weighted by Crippen LogP contribution is 2.37. The van der Waals surface area contributed by atoms with Crippen molar-refractivity contribution >= 4 is 41.2 Å². The van der Waals surface area contributed by atoms with E-state index in [1.807, 2.05) is 24.3 Å². The predicted octanol–water partition coefficient (Wildman–Crippen LogP) is 5.70. The van der Waals surface area contributed by atoms with Crippen LogP contribution in [0, 0.1) is 11.3 Å². The van der Waals surface area contributed by atoms with Crippen molar-refractivity contribution in [3.8, 4) is 6.07 Å². The zero-order valence-electron chi connectivity index (χ0n) is 17.6. The fourth-order valence-corrected chi connectivity index (χ4v) is 3.87. The molecule has 2 aromatic rings. The second-order valence-corrected chi connectivity index (χ2v) is 9.01. The van der Waals surface area contributed by atoms with Crippen LogP contribution in [0.2, 0.25) is 10.0 Å². The van der Waals surface area contributed by atoms with Gasteiger partial charge in [0.1, 0.15) is 17.4 Å². The van der Waals surface area contributed by atoms with E-state index < -0.39 is 17.9 Å². The number of amides is 1. The number of halogens is 2. The average Bonchev–Trinajstić information content (AvgIpc) is 2.90. The second-order valence-electron chi connectivity index (χ2n) is 8.17. The van der Waals surface area contributed by atoms with Crippen molar-refractivity contribution in [3.05, 3.63) is 81.0 Å². The molecule has 0 bridgehead atoms. The highest BCUT2D eigenvalue weighted by molar-refractivity contribution is 6.37. The SMILES string of the molecule is CC(C)(C)OC(=O)N1N=C(c2ccc(Cl)cc2Cl)C=C(C#N)N2N=Cc3ccccc3C12. The molecule has 4 rings (SSSR count). The van der Waals surface area contributed by atoms with Gasteiger partial charge in [-0.15, -0.1) is 0 Å². The van der Waals surface area contributed by atoms with E-state index in [0.717, 1.165) is 11.1 Å². The number of rotatable bonds is 1. The van der Waals surface area contributed by atoms with Gasteiger partial charge in [-0.1, -0.05) is 47.5 Å². The highest BCUT2D eigenvalue weighted by Gasteiger charge is 2.40. The lowest BCUT2D eigenvalue weighted by atomic mass is 10.0. The van der Waals surface area contributed by atoms with Gasteiger partial charge in [0.2, 0.25) is 0 Å². The number of carbonyl (C=O) groups excluding carboxylic acids is 1. The molecule has 2 aliphatic rings. The Morgan fingerprint density at radius 1 is 1.19 bits per heavy atom. The third-order valence-corrected chi connectivity index (χ3v) is 5.24. The lowest BCUT2D eigenvalue weighted by Gasteiger charge is -2.36. The Balaban J connectivity index is 1.94. The molecule has 7 nitrogen and oxygen atoms in total. The Morgan fingerprint density at radius 3 is 2.62 bits per heavy atom. The summed E-state index contributed by atoms with van der Waals surface area (Å²) in [5.41, 5.74) is 1.80. The quantitative estimate of drug-likeness (QED) is 0.538. The molecule has 1 atom stereocenters. The summed E-state index contributed by atoms with van der Waals surface area (Å²) in [5.74, 6) is 0. The van der Waals surface area contributed by atoms with Crippen LogP contribution in [0.1, 0.15) is 43.6 Å². The Kier molecular flexibility index (Phi) is 5.68. The van der Waals surface area contributed by atoms with E-state index in [9.17, 15) is 10.1 Å². The molecule has 2 aromatic carbocycles. The van der Waals surface area contributed by atoms with Crippen LogP contribution in [0.4, 0.5) is 4.79 Å². The van der Waals surface area contributed by atoms with E-state index in [0.29, 0.717) is 21.3 Å². The fourth-order valence-electron chi connectivity index (χ4n) is 3.37. The number of nitriles is 1. The minimum Gasteiger partial charge on any atom is -0.442 e. The van der Waals surface area contributed by atoms with E-state index in [4.69, 9.17) is 27.9 Å². The molecule has 2 aliphatic heterocycles. The van der Waals surface area contributed by atoms with Crippen molar-refractivity contribution in [2.24, 2.45) is 10.2 Å². The molecule has 1 unspecified atom stereocenters. The molecule has 1 amide bonds. The molecule has 0 radical (unpaired) electrons. The van der Waals surface area contributed by atoms with Crippen molar-refractivity contribution in [2.45, 2.75) is 32.5 Å². The molecule has 0 aromatic heterocycles. The summed E-state index contributed by atoms with van der Waals surface area (Å²) < 4.78 is 5.64. The minimum atomic E-state index is -0.819. The topological polar surface area (TPSA) is 81.3 Å². The summed E-state index contributed by atoms with van der Waals surface area (Å²) in [5, 5.41) is 22.4. The lowest BCUT2D eigenvalue weighted by Crippen LogP contribution is -2.43. The normalized spacial score (nSPS) is 17.4. The van der Waals surface area contributed by atoms with E-state index in [1.165, 1.54) is 16.1 Å². The van der Waals surface area contributed by atoms with Gasteiger partial charge in [-0.3, -0.25) is 0 Å². The van der Waals surface area contributed by atoms with Gasteiger partial charge < -0.3 is 4.74 Å². The van der Waals surface area contributed by atoms with Gasteiger partial charge in [0.15, 0.2) is 6.17 Å². The maximum Gasteiger partial charge on any atom is 0.433 e. The fraction of sp³-hybridized carbons (Fsp3) is 0.217. The van der Waals surface area contributed by atoms with E-state index in [-0.39, 0.29) is 5.70 Å². The molecule has 162 valence electrons. The van der Waals surface area contributed by atoms with Gasteiger partial charge in [0, 0.05) is 27.8 Å². The average molecular weight is 468 g/mol. The second kappa shape index (κ2) is 8.30. The summed E-state index contributed by atoms with van der Waals surface area (Å²) >= 11 is 12.5. The summed E-state index contributed by atoms with van der Waals surface area (Å²) in [4.78, 5) is 13.3. The highest BCUT2D eigenvalue weighted by atomic mass is 35.5. The van der Waals surface area contributed by atoms with Crippen molar-refractivity contribution in [1.29, 1.82) is 5.26 Å². The molecule has 2 heterocycles. The molecule has 0 saturated carbocycles. The summed E-state index contributed by atoms with van der Waals surface area (Å²) in [6.07, 6.45) is 1.68. The minimum absolute atomic E-state index is 0.191. The molecular weight excluding hydrogens is 449 g/mol. The smallest absolute Gasteiger partial charge is 0.433 e. The standard InChI is InChI=1S/C23H19Cl2N5O2/c1-23(2,3)32-22(31)30-21-17-7-5-4-6-14(17)13-27-29(21)16(12-26)11-20(28-30)18-9-8-15(24)10-19(18)25/h4-11,13,21H,1-3H3. The number of benzene rings is 2. The first-order chi connectivity index (χ1) is 15.2. The predicted molar refractivity (Wildman–Crippen MR) is 123 cm³/mol. The first kappa shape index (κ1) is 21.9. The van der Waals surface area contributed by atoms with Crippen molar-refractivity contribution < 1.29 is 9.53 Å². The summed E-state index contributed by atoms with van der Waals surface area (Å²) in [6.45, 7) is 5.31. The Bertz CT molecular complexity index is 1220. The number of hydrogen-bond acceptors (Lipinski definition) is 6. The molecular formula is C23H19Cl2N5O2. The lowest BCUT2D eigenvalue weighted by molar-refractivity contribution is -0.00432. The third-order valence-electron chi connectivity index (χ3n) is 4.70. The van der Waals surface area contributed by atoms with Gasteiger partial charge >= 0.3 is 6.09 Å². The van der Waals surface area contributed by atoms with Crippen LogP contribution >= 0.6 is 23.2 Å². The summed E-state index contributed by atoms with van der Waals surface area (Å²) in [6, 6.07) is 14.5. The first-order valence-corrected chi connectivity index (χ1v) is 10.5. The first-order valence-electron chi connectivity index (χ1n) is 9.78. The Labute approximate surface area is 195 Å². The zero-order chi connectivity index (χ0) is 23.0. The van der Waals surface area contributed by atoms with Gasteiger partial charge in [-0.25, -0.2) is 9.80 Å². The monoisotopic (exact) mass is 467 g/mol. The Morgan fingerprint density at radius 2 is 1.94 bits per heavy atom. The third kappa shape index (κ3) is 4.20. The van der Waals surface area contributed by atoms with Crippen molar-refractivity contribution in [1.82, 2.24) is 10.0 Å². The molecule has 0 spiro atoms. The van der Waals surface area contributed by atoms with Crippen LogP contribution in [0.3, 0.4) is 0 Å². The van der Waals surface area contributed by atoms with Gasteiger partial charge in [0.25, 0.3) is 0 Å². The van der Waals surface area contributed by atoms with Crippen LogP contribution in [-0.2, 0) is 4.74 Å². The van der Waals surface area contributed by atoms with Crippen molar-refractivity contribution in [3.63, 3.8) is 0 Å². The number of ether oxygens (including phenoxy) is 1. The van der Waals surface area contributed by atoms with Crippen LogP contribution in [-0.4, -0.2) is 33.6 Å². The molecule has 0 saturated heterocycles. The maximum atomic E-state index is 13.3. The van der Waals surface area contributed by atoms with Gasteiger partial charge in [0.05, 0.1) is 16.9 Å². The van der Waals surface area contributed by atoms with Crippen LogP contribution < -0.4 is 0 Å². The molecule has 9 heteroatoms. The van der Waals surface area contributed by atoms with E-state index in [1.54, 1.807) is 45.2 Å². The van der Waals surface area contributed by atoms with E-state index in [2.05, 4.69) is 16.3 Å². The largest absolute Gasteiger partial charge is 0.442 e. The summed E-state index contributed by atoms with van der Waals surface area (Å²) in [7, 11) is 0. The van der Waals surface area contributed by atoms with Crippen molar-refractivity contribution in [2.75, 3.05) is 0 Å². The molecule has 0 aliphatic carbocycles. The number of hydrazone groups is 2. The number of fused-ring (bicyclic) bond motifs is 3. The van der Waals surface area contributed by atoms with Gasteiger partial charge in [-0.2, -0.15) is 20.5 Å². The zero-order valence-corrected chi connectivity index (χ0v) is 19.1. The number of allylic oxidation sites excluding steroid dienone is 2. The molecule has 0 fully saturated rings. The van der Waals surface area contributed by atoms with Gasteiger partial charge in [-0.05, 0) is 39.0 Å². The maximum absolute atomic E-state index is 13.3. The van der Waals surface area contributed by atoms with Crippen LogP contribution in [0.5, 0.6) is 0 Å².